The van der Waals surface area contributed by atoms with E-state index in [4.69, 9.17) is 4.42 Å². The molecule has 0 spiro atoms. The van der Waals surface area contributed by atoms with Gasteiger partial charge in [0.25, 0.3) is 5.91 Å². The molecule has 1 atom stereocenters. The molecule has 3 heterocycles. The summed E-state index contributed by atoms with van der Waals surface area (Å²) in [6, 6.07) is 7.51. The second-order valence-corrected chi connectivity index (χ2v) is 5.58. The van der Waals surface area contributed by atoms with Crippen LogP contribution in [0, 0.1) is 0 Å². The number of rotatable bonds is 5. The fraction of sp³-hybridized carbons (Fsp3) is 0.412. The lowest BCUT2D eigenvalue weighted by Gasteiger charge is -2.33. The van der Waals surface area contributed by atoms with Gasteiger partial charge < -0.3 is 9.73 Å². The van der Waals surface area contributed by atoms with Crippen LogP contribution in [0.1, 0.15) is 41.4 Å². The molecule has 2 aromatic heterocycles. The summed E-state index contributed by atoms with van der Waals surface area (Å²) in [5.74, 6) is 0.815. The fourth-order valence-corrected chi connectivity index (χ4v) is 2.91. The summed E-state index contributed by atoms with van der Waals surface area (Å²) in [5.41, 5.74) is 0.583. The first-order valence-corrected chi connectivity index (χ1v) is 7.80. The molecule has 5 nitrogen and oxygen atoms in total. The van der Waals surface area contributed by atoms with Crippen LogP contribution in [-0.2, 0) is 0 Å². The first kappa shape index (κ1) is 14.8. The minimum atomic E-state index is -0.0957. The summed E-state index contributed by atoms with van der Waals surface area (Å²) >= 11 is 0. The number of carbonyl (C=O) groups is 1. The second-order valence-electron chi connectivity index (χ2n) is 5.58. The number of hydrogen-bond acceptors (Lipinski definition) is 4. The van der Waals surface area contributed by atoms with Crippen molar-refractivity contribution in [3.63, 3.8) is 0 Å². The van der Waals surface area contributed by atoms with E-state index in [2.05, 4.69) is 15.2 Å². The van der Waals surface area contributed by atoms with Gasteiger partial charge in [-0.2, -0.15) is 0 Å². The normalized spacial score (nSPS) is 17.1. The lowest BCUT2D eigenvalue weighted by molar-refractivity contribution is 0.0913. The van der Waals surface area contributed by atoms with Gasteiger partial charge in [-0.15, -0.1) is 0 Å². The highest BCUT2D eigenvalue weighted by atomic mass is 16.3. The van der Waals surface area contributed by atoms with E-state index in [-0.39, 0.29) is 11.9 Å². The number of piperidine rings is 1. The quantitative estimate of drug-likeness (QED) is 0.922. The molecule has 1 aliphatic rings. The topological polar surface area (TPSA) is 58.4 Å². The zero-order chi connectivity index (χ0) is 15.2. The monoisotopic (exact) mass is 299 g/mol. The Bertz CT molecular complexity index is 577. The Hall–Kier alpha value is -2.14. The number of nitrogens with zero attached hydrogens (tertiary/aromatic N) is 2. The number of pyridine rings is 1. The zero-order valence-electron chi connectivity index (χ0n) is 12.6. The van der Waals surface area contributed by atoms with E-state index in [0.29, 0.717) is 12.1 Å². The Morgan fingerprint density at radius 2 is 2.14 bits per heavy atom. The molecule has 0 saturated carbocycles. The van der Waals surface area contributed by atoms with Gasteiger partial charge in [-0.25, -0.2) is 0 Å². The van der Waals surface area contributed by atoms with Gasteiger partial charge >= 0.3 is 0 Å². The number of furan rings is 1. The van der Waals surface area contributed by atoms with Crippen LogP contribution in [0.2, 0.25) is 0 Å². The summed E-state index contributed by atoms with van der Waals surface area (Å²) in [6.45, 7) is 2.64. The number of carbonyl (C=O) groups excluding carboxylic acids is 1. The van der Waals surface area contributed by atoms with Gasteiger partial charge in [-0.05, 0) is 50.2 Å². The van der Waals surface area contributed by atoms with E-state index in [1.54, 1.807) is 30.8 Å². The fourth-order valence-electron chi connectivity index (χ4n) is 2.91. The Balaban J connectivity index is 1.66. The Labute approximate surface area is 130 Å². The molecule has 0 aromatic carbocycles. The van der Waals surface area contributed by atoms with Gasteiger partial charge in [0, 0.05) is 18.9 Å². The van der Waals surface area contributed by atoms with Crippen LogP contribution in [0.15, 0.2) is 47.3 Å². The maximum Gasteiger partial charge on any atom is 0.252 e. The van der Waals surface area contributed by atoms with E-state index in [9.17, 15) is 4.79 Å². The Morgan fingerprint density at radius 1 is 1.27 bits per heavy atom. The predicted molar refractivity (Wildman–Crippen MR) is 83.4 cm³/mol. The maximum absolute atomic E-state index is 12.2. The van der Waals surface area contributed by atoms with Crippen LogP contribution in [0.4, 0.5) is 0 Å². The predicted octanol–water partition coefficient (Wildman–Crippen LogP) is 2.63. The Morgan fingerprint density at radius 3 is 2.82 bits per heavy atom. The van der Waals surface area contributed by atoms with Crippen molar-refractivity contribution < 1.29 is 9.21 Å². The number of hydrogen-bond donors (Lipinski definition) is 1. The largest absolute Gasteiger partial charge is 0.468 e. The standard InChI is InChI=1S/C17H21N3O2/c21-17(14-6-4-8-18-12-14)19-13-15(16-7-5-11-22-16)20-9-2-1-3-10-20/h4-8,11-12,15H,1-3,9-10,13H2,(H,19,21). The van der Waals surface area contributed by atoms with Crippen molar-refractivity contribution in [2.45, 2.75) is 25.3 Å². The molecule has 1 amide bonds. The number of nitrogens with one attached hydrogen (secondary N) is 1. The zero-order valence-corrected chi connectivity index (χ0v) is 12.6. The minimum Gasteiger partial charge on any atom is -0.468 e. The second kappa shape index (κ2) is 7.22. The highest BCUT2D eigenvalue weighted by molar-refractivity contribution is 5.93. The number of amides is 1. The average molecular weight is 299 g/mol. The van der Waals surface area contributed by atoms with Gasteiger partial charge in [0.2, 0.25) is 0 Å². The third kappa shape index (κ3) is 3.54. The molecule has 0 radical (unpaired) electrons. The van der Waals surface area contributed by atoms with Crippen molar-refractivity contribution in [2.75, 3.05) is 19.6 Å². The molecule has 1 aliphatic heterocycles. The molecular formula is C17H21N3O2. The van der Waals surface area contributed by atoms with Crippen molar-refractivity contribution in [2.24, 2.45) is 0 Å². The van der Waals surface area contributed by atoms with Crippen molar-refractivity contribution in [3.8, 4) is 0 Å². The van der Waals surface area contributed by atoms with E-state index in [1.165, 1.54) is 19.3 Å². The number of likely N-dealkylation sites (tertiary alicyclic amines) is 1. The summed E-state index contributed by atoms with van der Waals surface area (Å²) in [7, 11) is 0. The maximum atomic E-state index is 12.2. The van der Waals surface area contributed by atoms with Gasteiger partial charge in [-0.3, -0.25) is 14.7 Å². The van der Waals surface area contributed by atoms with Crippen molar-refractivity contribution in [1.82, 2.24) is 15.2 Å². The van der Waals surface area contributed by atoms with Crippen molar-refractivity contribution >= 4 is 5.91 Å². The van der Waals surface area contributed by atoms with Crippen LogP contribution in [0.25, 0.3) is 0 Å². The van der Waals surface area contributed by atoms with Gasteiger partial charge in [-0.1, -0.05) is 6.42 Å². The molecule has 1 fully saturated rings. The molecule has 5 heteroatoms. The van der Waals surface area contributed by atoms with E-state index >= 15 is 0 Å². The van der Waals surface area contributed by atoms with Crippen LogP contribution < -0.4 is 5.32 Å². The molecule has 1 saturated heterocycles. The van der Waals surface area contributed by atoms with Gasteiger partial charge in [0.05, 0.1) is 17.9 Å². The van der Waals surface area contributed by atoms with Gasteiger partial charge in [0.1, 0.15) is 5.76 Å². The molecule has 116 valence electrons. The summed E-state index contributed by atoms with van der Waals surface area (Å²) in [5, 5.41) is 3.00. The SMILES string of the molecule is O=C(NCC(c1ccco1)N1CCCCC1)c1cccnc1. The van der Waals surface area contributed by atoms with E-state index in [1.807, 2.05) is 12.1 Å². The summed E-state index contributed by atoms with van der Waals surface area (Å²) in [4.78, 5) is 18.6. The molecule has 1 unspecified atom stereocenters. The van der Waals surface area contributed by atoms with E-state index < -0.39 is 0 Å². The molecule has 0 aliphatic carbocycles. The first-order valence-electron chi connectivity index (χ1n) is 7.80. The molecule has 3 rings (SSSR count). The van der Waals surface area contributed by atoms with E-state index in [0.717, 1.165) is 18.8 Å². The average Bonchev–Trinajstić information content (AvgIpc) is 3.11. The van der Waals surface area contributed by atoms with Crippen LogP contribution in [0.5, 0.6) is 0 Å². The summed E-state index contributed by atoms with van der Waals surface area (Å²) < 4.78 is 5.58. The lowest BCUT2D eigenvalue weighted by Crippen LogP contribution is -2.40. The van der Waals surface area contributed by atoms with Crippen LogP contribution >= 0.6 is 0 Å². The molecule has 0 bridgehead atoms. The lowest BCUT2D eigenvalue weighted by atomic mass is 10.1. The minimum absolute atomic E-state index is 0.0934. The highest BCUT2D eigenvalue weighted by Gasteiger charge is 2.25. The summed E-state index contributed by atoms with van der Waals surface area (Å²) in [6.07, 6.45) is 8.62. The van der Waals surface area contributed by atoms with Crippen molar-refractivity contribution in [1.29, 1.82) is 0 Å². The molecule has 2 aromatic rings. The molecule has 22 heavy (non-hydrogen) atoms. The van der Waals surface area contributed by atoms with Crippen LogP contribution in [-0.4, -0.2) is 35.4 Å². The smallest absolute Gasteiger partial charge is 0.252 e. The third-order valence-electron chi connectivity index (χ3n) is 4.08. The van der Waals surface area contributed by atoms with Crippen molar-refractivity contribution in [3.05, 3.63) is 54.2 Å². The number of aromatic nitrogens is 1. The molecule has 1 N–H and O–H groups in total. The third-order valence-corrected chi connectivity index (χ3v) is 4.08. The Kier molecular flexibility index (Phi) is 4.85. The first-order chi connectivity index (χ1) is 10.8. The highest BCUT2D eigenvalue weighted by Crippen LogP contribution is 2.24. The van der Waals surface area contributed by atoms with Crippen LogP contribution in [0.3, 0.4) is 0 Å². The molecular weight excluding hydrogens is 278 g/mol. The van der Waals surface area contributed by atoms with Gasteiger partial charge in [0.15, 0.2) is 0 Å².